The molecule has 0 bridgehead atoms. The summed E-state index contributed by atoms with van der Waals surface area (Å²) in [5, 5.41) is 5.29. The lowest BCUT2D eigenvalue weighted by molar-refractivity contribution is 0.629. The van der Waals surface area contributed by atoms with E-state index in [2.05, 4.69) is 17.1 Å². The minimum atomic E-state index is -0.326. The Balaban J connectivity index is 1.40. The van der Waals surface area contributed by atoms with Crippen molar-refractivity contribution in [2.75, 3.05) is 0 Å². The second kappa shape index (κ2) is 9.31. The normalized spacial score (nSPS) is 11.9. The Morgan fingerprint density at radius 2 is 1.05 bits per heavy atom. The largest absolute Gasteiger partial charge is 0.354 e. The van der Waals surface area contributed by atoms with E-state index in [1.807, 2.05) is 83.4 Å². The molecule has 3 heterocycles. The van der Waals surface area contributed by atoms with Crippen LogP contribution in [0.15, 0.2) is 127 Å². The average Bonchev–Trinajstić information content (AvgIpc) is 3.60. The van der Waals surface area contributed by atoms with Crippen LogP contribution in [0.3, 0.4) is 0 Å². The third kappa shape index (κ3) is 3.67. The van der Waals surface area contributed by atoms with E-state index in [-0.39, 0.29) is 11.6 Å². The van der Waals surface area contributed by atoms with Crippen molar-refractivity contribution in [3.8, 4) is 28.5 Å². The fourth-order valence-electron chi connectivity index (χ4n) is 6.53. The predicted octanol–water partition coefficient (Wildman–Crippen LogP) is 9.97. The lowest BCUT2D eigenvalue weighted by atomic mass is 9.99. The van der Waals surface area contributed by atoms with E-state index in [9.17, 15) is 8.78 Å². The van der Waals surface area contributed by atoms with Crippen LogP contribution in [0.5, 0.6) is 0 Å². The van der Waals surface area contributed by atoms with Gasteiger partial charge in [0, 0.05) is 43.7 Å². The van der Waals surface area contributed by atoms with Gasteiger partial charge in [-0.2, -0.15) is 0 Å². The fraction of sp³-hybridized carbons (Fsp3) is 0. The van der Waals surface area contributed by atoms with Crippen molar-refractivity contribution >= 4 is 54.4 Å². The van der Waals surface area contributed by atoms with E-state index >= 15 is 0 Å². The van der Waals surface area contributed by atoms with Crippen LogP contribution >= 0.6 is 0 Å². The molecule has 0 aliphatic heterocycles. The molecule has 9 rings (SSSR count). The summed E-state index contributed by atoms with van der Waals surface area (Å²) in [5.41, 5.74) is 6.94. The smallest absolute Gasteiger partial charge is 0.235 e. The van der Waals surface area contributed by atoms with E-state index in [0.29, 0.717) is 5.95 Å². The van der Waals surface area contributed by atoms with Crippen molar-refractivity contribution in [1.29, 1.82) is 0 Å². The highest BCUT2D eigenvalue weighted by atomic mass is 19.1. The van der Waals surface area contributed by atoms with Gasteiger partial charge in [-0.1, -0.05) is 72.8 Å². The maximum atomic E-state index is 14.9. The van der Waals surface area contributed by atoms with Crippen LogP contribution in [0.1, 0.15) is 0 Å². The van der Waals surface area contributed by atoms with E-state index in [4.69, 9.17) is 9.97 Å². The van der Waals surface area contributed by atoms with Gasteiger partial charge >= 0.3 is 0 Å². The van der Waals surface area contributed by atoms with Crippen LogP contribution in [0.2, 0.25) is 0 Å². The highest BCUT2D eigenvalue weighted by Gasteiger charge is 2.20. The number of hydrogen-bond acceptors (Lipinski definition) is 2. The molecule has 1 N–H and O–H groups in total. The van der Waals surface area contributed by atoms with Crippen molar-refractivity contribution in [3.05, 3.63) is 139 Å². The van der Waals surface area contributed by atoms with Gasteiger partial charge in [0.2, 0.25) is 5.95 Å². The quantitative estimate of drug-likeness (QED) is 0.229. The van der Waals surface area contributed by atoms with Gasteiger partial charge in [0.25, 0.3) is 0 Å². The number of aromatic amines is 1. The minimum absolute atomic E-state index is 0.292. The van der Waals surface area contributed by atoms with Gasteiger partial charge in [-0.25, -0.2) is 18.7 Å². The molecule has 0 radical (unpaired) electrons. The maximum Gasteiger partial charge on any atom is 0.235 e. The van der Waals surface area contributed by atoms with E-state index in [0.717, 1.165) is 76.9 Å². The molecule has 0 spiro atoms. The van der Waals surface area contributed by atoms with Crippen molar-refractivity contribution in [1.82, 2.24) is 19.5 Å². The molecule has 9 aromatic rings. The van der Waals surface area contributed by atoms with Gasteiger partial charge in [0.15, 0.2) is 0 Å². The lowest BCUT2D eigenvalue weighted by Crippen LogP contribution is -2.04. The van der Waals surface area contributed by atoms with Crippen molar-refractivity contribution in [3.63, 3.8) is 0 Å². The monoisotopic (exact) mass is 572 g/mol. The molecule has 0 saturated carbocycles. The molecule has 208 valence electrons. The van der Waals surface area contributed by atoms with Crippen LogP contribution in [0, 0.1) is 11.6 Å². The molecule has 0 unspecified atom stereocenters. The third-order valence-corrected chi connectivity index (χ3v) is 8.46. The Hall–Kier alpha value is -5.88. The van der Waals surface area contributed by atoms with Gasteiger partial charge in [-0.3, -0.25) is 4.57 Å². The Labute approximate surface area is 249 Å². The summed E-state index contributed by atoms with van der Waals surface area (Å²) in [6, 6.07) is 39.8. The van der Waals surface area contributed by atoms with Crippen LogP contribution < -0.4 is 0 Å². The Kier molecular flexibility index (Phi) is 5.23. The molecule has 6 aromatic carbocycles. The van der Waals surface area contributed by atoms with E-state index < -0.39 is 0 Å². The second-order valence-electron chi connectivity index (χ2n) is 11.0. The van der Waals surface area contributed by atoms with Crippen molar-refractivity contribution in [2.45, 2.75) is 0 Å². The summed E-state index contributed by atoms with van der Waals surface area (Å²) in [7, 11) is 0. The number of fused-ring (bicyclic) bond motifs is 9. The number of nitrogens with one attached hydrogen (secondary N) is 1. The molecular formula is C38H22F2N4. The summed E-state index contributed by atoms with van der Waals surface area (Å²) in [6.07, 6.45) is 0. The summed E-state index contributed by atoms with van der Waals surface area (Å²) >= 11 is 0. The Morgan fingerprint density at radius 1 is 0.477 bits per heavy atom. The second-order valence-corrected chi connectivity index (χ2v) is 11.0. The average molecular weight is 573 g/mol. The number of hydrogen-bond donors (Lipinski definition) is 1. The Morgan fingerprint density at radius 3 is 1.75 bits per heavy atom. The summed E-state index contributed by atoms with van der Waals surface area (Å²) < 4.78 is 31.3. The molecule has 44 heavy (non-hydrogen) atoms. The number of halogens is 2. The number of rotatable bonds is 3. The lowest BCUT2D eigenvalue weighted by Gasteiger charge is -2.12. The topological polar surface area (TPSA) is 46.5 Å². The maximum absolute atomic E-state index is 14.9. The molecular weight excluding hydrogens is 550 g/mol. The zero-order chi connectivity index (χ0) is 29.4. The highest BCUT2D eigenvalue weighted by Crippen LogP contribution is 2.41. The molecule has 4 nitrogen and oxygen atoms in total. The molecule has 6 heteroatoms. The van der Waals surface area contributed by atoms with Crippen LogP contribution in [0.4, 0.5) is 8.78 Å². The number of H-pyrrole nitrogens is 1. The first-order valence-corrected chi connectivity index (χ1v) is 14.4. The first-order valence-electron chi connectivity index (χ1n) is 14.4. The SMILES string of the molecule is Fc1ccc2[nH]c3ccc4c(ccc5c4c4cc(F)ccc4n5-c4nc(-c5ccccc5)cc(-c5ccccc5)n4)c3c2c1. The fourth-order valence-corrected chi connectivity index (χ4v) is 6.53. The zero-order valence-corrected chi connectivity index (χ0v) is 23.2. The molecule has 0 aliphatic carbocycles. The first kappa shape index (κ1) is 24.7. The van der Waals surface area contributed by atoms with Crippen LogP contribution in [-0.2, 0) is 0 Å². The van der Waals surface area contributed by atoms with E-state index in [1.54, 1.807) is 24.3 Å². The standard InChI is InChI=1S/C38H22F2N4/c39-24-11-15-30-28(19-24)36-26-14-18-35-37(27(26)13-16-31(36)41-30)29-20-25(40)12-17-34(29)44(35)38-42-32(22-7-3-1-4-8-22)21-33(43-38)23-9-5-2-6-10-23/h1-21,41H. The first-order chi connectivity index (χ1) is 21.6. The summed E-state index contributed by atoms with van der Waals surface area (Å²) in [5.74, 6) is -0.126. The van der Waals surface area contributed by atoms with Gasteiger partial charge < -0.3 is 4.98 Å². The van der Waals surface area contributed by atoms with Crippen LogP contribution in [-0.4, -0.2) is 19.5 Å². The number of aromatic nitrogens is 4. The van der Waals surface area contributed by atoms with Crippen LogP contribution in [0.25, 0.3) is 82.8 Å². The van der Waals surface area contributed by atoms with Gasteiger partial charge in [0.05, 0.1) is 22.4 Å². The van der Waals surface area contributed by atoms with Crippen molar-refractivity contribution in [2.24, 2.45) is 0 Å². The summed E-state index contributed by atoms with van der Waals surface area (Å²) in [4.78, 5) is 13.6. The molecule has 0 fully saturated rings. The van der Waals surface area contributed by atoms with E-state index in [1.165, 1.54) is 12.1 Å². The van der Waals surface area contributed by atoms with Crippen molar-refractivity contribution < 1.29 is 8.78 Å². The third-order valence-electron chi connectivity index (χ3n) is 8.46. The predicted molar refractivity (Wildman–Crippen MR) is 174 cm³/mol. The van der Waals surface area contributed by atoms with Gasteiger partial charge in [-0.15, -0.1) is 0 Å². The highest BCUT2D eigenvalue weighted by molar-refractivity contribution is 6.29. The van der Waals surface area contributed by atoms with Gasteiger partial charge in [0.1, 0.15) is 11.6 Å². The number of nitrogens with zero attached hydrogens (tertiary/aromatic N) is 3. The molecule has 0 aliphatic rings. The molecule has 0 saturated heterocycles. The Bertz CT molecular complexity index is 2510. The minimum Gasteiger partial charge on any atom is -0.354 e. The molecule has 0 amide bonds. The number of benzene rings is 6. The van der Waals surface area contributed by atoms with Gasteiger partial charge in [-0.05, 0) is 65.4 Å². The molecule has 3 aromatic heterocycles. The molecule has 0 atom stereocenters. The zero-order valence-electron chi connectivity index (χ0n) is 23.2. The summed E-state index contributed by atoms with van der Waals surface area (Å²) in [6.45, 7) is 0.